The topological polar surface area (TPSA) is 75.3 Å². The van der Waals surface area contributed by atoms with E-state index in [1.54, 1.807) is 20.8 Å². The Labute approximate surface area is 66.8 Å². The normalized spacial score (nSPS) is 14.3. The first-order valence-electron chi connectivity index (χ1n) is 3.58. The van der Waals surface area contributed by atoms with Crippen molar-refractivity contribution in [2.24, 2.45) is 5.73 Å². The molecule has 11 heavy (non-hydrogen) atoms. The van der Waals surface area contributed by atoms with Gasteiger partial charge < -0.3 is 16.2 Å². The summed E-state index contributed by atoms with van der Waals surface area (Å²) in [6, 6.07) is -0.231. The van der Waals surface area contributed by atoms with E-state index in [2.05, 4.69) is 5.32 Å². The lowest BCUT2D eigenvalue weighted by Crippen LogP contribution is -2.52. The zero-order chi connectivity index (χ0) is 9.07. The quantitative estimate of drug-likeness (QED) is 0.507. The molecule has 0 saturated carbocycles. The van der Waals surface area contributed by atoms with Gasteiger partial charge in [-0.1, -0.05) is 0 Å². The molecule has 0 aromatic rings. The van der Waals surface area contributed by atoms with Crippen LogP contribution in [0.3, 0.4) is 0 Å². The summed E-state index contributed by atoms with van der Waals surface area (Å²) >= 11 is 0. The Bertz CT molecular complexity index is 140. The molecule has 0 aliphatic heterocycles. The van der Waals surface area contributed by atoms with Gasteiger partial charge in [0.2, 0.25) is 5.91 Å². The van der Waals surface area contributed by atoms with Gasteiger partial charge in [0, 0.05) is 6.04 Å². The van der Waals surface area contributed by atoms with E-state index in [9.17, 15) is 4.79 Å². The summed E-state index contributed by atoms with van der Waals surface area (Å²) in [5.74, 6) is -0.251. The molecule has 0 bridgehead atoms. The summed E-state index contributed by atoms with van der Waals surface area (Å²) in [6.45, 7) is 4.88. The first-order chi connectivity index (χ1) is 4.88. The van der Waals surface area contributed by atoms with Gasteiger partial charge in [0.1, 0.15) is 0 Å². The third-order valence-corrected chi connectivity index (χ3v) is 1.24. The molecule has 1 atom stereocenters. The van der Waals surface area contributed by atoms with Crippen LogP contribution in [0.15, 0.2) is 0 Å². The lowest BCUT2D eigenvalue weighted by atomic mass is 10.1. The van der Waals surface area contributed by atoms with Gasteiger partial charge in [-0.25, -0.2) is 0 Å². The van der Waals surface area contributed by atoms with Crippen molar-refractivity contribution in [3.63, 3.8) is 0 Å². The van der Waals surface area contributed by atoms with Crippen molar-refractivity contribution in [2.75, 3.05) is 6.61 Å². The van der Waals surface area contributed by atoms with Crippen molar-refractivity contribution in [1.29, 1.82) is 0 Å². The second kappa shape index (κ2) is 3.69. The van der Waals surface area contributed by atoms with Crippen molar-refractivity contribution in [1.82, 2.24) is 5.32 Å². The largest absolute Gasteiger partial charge is 0.394 e. The van der Waals surface area contributed by atoms with Crippen LogP contribution < -0.4 is 11.1 Å². The molecular formula is C7H16N2O2. The SMILES string of the molecule is CC(CO)NC(=O)C(C)(C)N. The minimum absolute atomic E-state index is 0.0676. The van der Waals surface area contributed by atoms with Crippen LogP contribution in [-0.4, -0.2) is 29.2 Å². The van der Waals surface area contributed by atoms with Crippen LogP contribution in [0.1, 0.15) is 20.8 Å². The van der Waals surface area contributed by atoms with Gasteiger partial charge in [-0.05, 0) is 20.8 Å². The van der Waals surface area contributed by atoms with Crippen LogP contribution in [0.25, 0.3) is 0 Å². The molecule has 0 aromatic heterocycles. The molecule has 0 heterocycles. The van der Waals surface area contributed by atoms with Crippen molar-refractivity contribution >= 4 is 5.91 Å². The Balaban J connectivity index is 3.88. The highest BCUT2D eigenvalue weighted by molar-refractivity contribution is 5.85. The van der Waals surface area contributed by atoms with Gasteiger partial charge in [-0.15, -0.1) is 0 Å². The van der Waals surface area contributed by atoms with Crippen LogP contribution in [-0.2, 0) is 4.79 Å². The van der Waals surface area contributed by atoms with Gasteiger partial charge in [-0.2, -0.15) is 0 Å². The van der Waals surface area contributed by atoms with Crippen LogP contribution in [0.5, 0.6) is 0 Å². The lowest BCUT2D eigenvalue weighted by molar-refractivity contribution is -0.126. The molecule has 4 nitrogen and oxygen atoms in total. The van der Waals surface area contributed by atoms with Crippen molar-refractivity contribution in [2.45, 2.75) is 32.4 Å². The number of carbonyl (C=O) groups excluding carboxylic acids is 1. The van der Waals surface area contributed by atoms with Crippen molar-refractivity contribution in [3.05, 3.63) is 0 Å². The summed E-state index contributed by atoms with van der Waals surface area (Å²) in [5, 5.41) is 11.1. The van der Waals surface area contributed by atoms with Crippen LogP contribution in [0, 0.1) is 0 Å². The number of aliphatic hydroxyl groups is 1. The zero-order valence-corrected chi connectivity index (χ0v) is 7.22. The Morgan fingerprint density at radius 2 is 2.18 bits per heavy atom. The average molecular weight is 160 g/mol. The summed E-state index contributed by atoms with van der Waals surface area (Å²) in [6.07, 6.45) is 0. The van der Waals surface area contributed by atoms with Crippen molar-refractivity contribution < 1.29 is 9.90 Å². The van der Waals surface area contributed by atoms with E-state index in [1.807, 2.05) is 0 Å². The van der Waals surface area contributed by atoms with Gasteiger partial charge in [-0.3, -0.25) is 4.79 Å². The van der Waals surface area contributed by atoms with E-state index >= 15 is 0 Å². The number of carbonyl (C=O) groups is 1. The zero-order valence-electron chi connectivity index (χ0n) is 7.22. The number of rotatable bonds is 3. The summed E-state index contributed by atoms with van der Waals surface area (Å²) in [4.78, 5) is 11.1. The van der Waals surface area contributed by atoms with Crippen LogP contribution in [0.4, 0.5) is 0 Å². The molecule has 0 aromatic carbocycles. The summed E-state index contributed by atoms with van der Waals surface area (Å²) < 4.78 is 0. The molecular weight excluding hydrogens is 144 g/mol. The maximum absolute atomic E-state index is 11.1. The fourth-order valence-electron chi connectivity index (χ4n) is 0.455. The molecule has 0 radical (unpaired) electrons. The predicted molar refractivity (Wildman–Crippen MR) is 43.0 cm³/mol. The molecule has 0 rings (SSSR count). The van der Waals surface area contributed by atoms with Crippen molar-refractivity contribution in [3.8, 4) is 0 Å². The minimum Gasteiger partial charge on any atom is -0.394 e. The summed E-state index contributed by atoms with van der Waals surface area (Å²) in [5.41, 5.74) is 4.62. The number of hydrogen-bond donors (Lipinski definition) is 3. The van der Waals surface area contributed by atoms with Crippen LogP contribution in [0.2, 0.25) is 0 Å². The number of nitrogens with two attached hydrogens (primary N) is 1. The number of amides is 1. The maximum Gasteiger partial charge on any atom is 0.239 e. The molecule has 4 N–H and O–H groups in total. The highest BCUT2D eigenvalue weighted by Crippen LogP contribution is 1.96. The molecule has 0 aliphatic rings. The van der Waals surface area contributed by atoms with Gasteiger partial charge >= 0.3 is 0 Å². The maximum atomic E-state index is 11.1. The molecule has 0 saturated heterocycles. The smallest absolute Gasteiger partial charge is 0.239 e. The first kappa shape index (κ1) is 10.4. The lowest BCUT2D eigenvalue weighted by Gasteiger charge is -2.20. The monoisotopic (exact) mass is 160 g/mol. The molecule has 1 amide bonds. The summed E-state index contributed by atoms with van der Waals surface area (Å²) in [7, 11) is 0. The van der Waals surface area contributed by atoms with E-state index in [0.29, 0.717) is 0 Å². The molecule has 0 aliphatic carbocycles. The standard InChI is InChI=1S/C7H16N2O2/c1-5(4-10)9-6(11)7(2,3)8/h5,10H,4,8H2,1-3H3,(H,9,11). The van der Waals surface area contributed by atoms with Crippen LogP contribution >= 0.6 is 0 Å². The fourth-order valence-corrected chi connectivity index (χ4v) is 0.455. The Morgan fingerprint density at radius 3 is 2.45 bits per heavy atom. The second-order valence-corrected chi connectivity index (χ2v) is 3.28. The van der Waals surface area contributed by atoms with E-state index in [-0.39, 0.29) is 18.6 Å². The Kier molecular flexibility index (Phi) is 3.48. The van der Waals surface area contributed by atoms with E-state index in [4.69, 9.17) is 10.8 Å². The first-order valence-corrected chi connectivity index (χ1v) is 3.58. The predicted octanol–water partition coefficient (Wildman–Crippen LogP) is -0.779. The van der Waals surface area contributed by atoms with Gasteiger partial charge in [0.15, 0.2) is 0 Å². The molecule has 0 spiro atoms. The second-order valence-electron chi connectivity index (χ2n) is 3.28. The van der Waals surface area contributed by atoms with E-state index in [0.717, 1.165) is 0 Å². The minimum atomic E-state index is -0.872. The highest BCUT2D eigenvalue weighted by Gasteiger charge is 2.22. The fraction of sp³-hybridized carbons (Fsp3) is 0.857. The van der Waals surface area contributed by atoms with E-state index in [1.165, 1.54) is 0 Å². The average Bonchev–Trinajstić information content (AvgIpc) is 1.85. The highest BCUT2D eigenvalue weighted by atomic mass is 16.3. The number of hydrogen-bond acceptors (Lipinski definition) is 3. The third-order valence-electron chi connectivity index (χ3n) is 1.24. The number of aliphatic hydroxyl groups excluding tert-OH is 1. The van der Waals surface area contributed by atoms with Gasteiger partial charge in [0.05, 0.1) is 12.1 Å². The molecule has 66 valence electrons. The Morgan fingerprint density at radius 1 is 1.73 bits per heavy atom. The van der Waals surface area contributed by atoms with E-state index < -0.39 is 5.54 Å². The molecule has 1 unspecified atom stereocenters. The third kappa shape index (κ3) is 3.95. The molecule has 0 fully saturated rings. The molecule has 4 heteroatoms. The van der Waals surface area contributed by atoms with Gasteiger partial charge in [0.25, 0.3) is 0 Å². The Hall–Kier alpha value is -0.610. The number of nitrogens with one attached hydrogen (secondary N) is 1.